The summed E-state index contributed by atoms with van der Waals surface area (Å²) < 4.78 is 124. The zero-order valence-electron chi connectivity index (χ0n) is 67.7. The highest BCUT2D eigenvalue weighted by Crippen LogP contribution is 2.42. The van der Waals surface area contributed by atoms with E-state index >= 15 is 0 Å². The number of ether oxygens (including phenoxy) is 21. The van der Waals surface area contributed by atoms with Gasteiger partial charge < -0.3 is 279 Å². The van der Waals surface area contributed by atoms with Crippen molar-refractivity contribution in [3.8, 4) is 0 Å². The fraction of sp³-hybridized carbons (Fsp3) is 0.971. The van der Waals surface area contributed by atoms with E-state index in [9.17, 15) is 178 Å². The highest BCUT2D eigenvalue weighted by Gasteiger charge is 2.62. The summed E-state index contributed by atoms with van der Waals surface area (Å²) in [6.07, 6.45) is -118. The second kappa shape index (κ2) is 45.8. The number of nitrogens with one attached hydrogen (secondary N) is 2. The summed E-state index contributed by atoms with van der Waals surface area (Å²) in [5.74, 6) is -1.82. The summed E-state index contributed by atoms with van der Waals surface area (Å²) in [4.78, 5) is 25.3. The molecular weight excluding hydrogens is 1760 g/mol. The minimum absolute atomic E-state index is 0.822. The van der Waals surface area contributed by atoms with Crippen LogP contribution in [0.25, 0.3) is 0 Å². The van der Waals surface area contributed by atoms with Crippen LogP contribution in [0.15, 0.2) is 0 Å². The number of aliphatic hydroxyl groups excluding tert-OH is 33. The average molecular weight is 1880 g/mol. The normalized spacial score (nSPS) is 51.7. The standard InChI is InChI=1S/C70H118N2O56/c1-14(82)71-27-38(93)52(23(10-80)110-60(27)107)121-61-28(72-15(2)83)39(94)53(24(11-81)118-61)122-65-50(105)54(36(91)25(119-65)12-108-67-56(43(98)32(87)19(6-76)114-67)125-62-47(102)40(95)29(84)16(3-73)111-62)123-66-51(106)55(124-69-58(45(100)34(89)21(8-78)116-69)126-63-48(103)41(96)30(85)17(4-74)112-63)37(92)26(120-66)13-109-68-57(44(99)33(88)20(7-77)115-68)128-70-59(46(101)35(90)22(9-79)117-70)127-64-49(104)42(97)31(86)18(5-75)113-64/h16-70,73-81,84-107H,3-13H2,1-2H3,(H,71,82)(H,72,83)/t16-,17-,18-,19-,20-,21-,22-,23-,24-,25-,26-,27-,28-,29-,30-,31-,32-,33-,34-,35-,36-,37-,38-,39-,40+,41+,42+,43+,44+,45+,46+,47+,48+,49+,50+,51+,52-,53-,54+,55+,56+,57+,58+,59+,60-,61+,62-,63-,64-,65+,66-,67+,68+,69-,70-/m1/s1. The molecule has 0 spiro atoms. The number of aliphatic hydroxyl groups is 33. The molecule has 58 heteroatoms. The van der Waals surface area contributed by atoms with Crippen LogP contribution in [0, 0.1) is 0 Å². The second-order valence-corrected chi connectivity index (χ2v) is 32.3. The fourth-order valence-corrected chi connectivity index (χ4v) is 16.5. The van der Waals surface area contributed by atoms with Crippen LogP contribution in [0.1, 0.15) is 13.8 Å². The van der Waals surface area contributed by atoms with Crippen molar-refractivity contribution in [3.63, 3.8) is 0 Å². The molecule has 0 saturated carbocycles. The van der Waals surface area contributed by atoms with Crippen molar-refractivity contribution in [2.75, 3.05) is 72.7 Å². The number of carbonyl (C=O) groups is 2. The SMILES string of the molecule is CC(=O)N[C@@H]1[C@@H](O)[C@H](O[C@@H]2O[C@H](CO)[C@@H](O[C@@H]3O[C@H](CO[C@H]4O[C@H](CO)[C@@H](O)[C@H](O)[C@@H]4O[C@H]4O[C@H](CO)[C@@H](O)[C@H](O)[C@@H]4O)[C@@H](O)[C@H](O[C@H]4O[C@H](CO[C@H]5O[C@H](CO)[C@@H](O)[C@H](O)[C@@H]5O[C@H]5O[C@H](CO)[C@@H](O)[C@H](O)[C@@H]5O[C@H]5O[C@H](CO)[C@@H](O)[C@H](O)[C@@H]5O)[C@@H](O)[C@H](O[C@H]5O[C@H](CO)[C@@H](O)[C@H](O)[C@@H]5O[C@H]5O[C@H](CO)[C@@H](O)[C@H](O)[C@@H]5O)[C@@H]4O)[C@@H]3O)[C@H](O)[C@H]2NC(C)=O)[C@@H](CO)O[C@H]1O. The lowest BCUT2D eigenvalue weighted by Crippen LogP contribution is -2.70. The molecule has 0 aromatic carbocycles. The summed E-state index contributed by atoms with van der Waals surface area (Å²) >= 11 is 0. The molecule has 0 aliphatic carbocycles. The van der Waals surface area contributed by atoms with Gasteiger partial charge in [-0.1, -0.05) is 0 Å². The van der Waals surface area contributed by atoms with Crippen molar-refractivity contribution in [2.45, 2.75) is 351 Å². The van der Waals surface area contributed by atoms with Crippen LogP contribution in [0.2, 0.25) is 0 Å². The van der Waals surface area contributed by atoms with Crippen molar-refractivity contribution < 1.29 is 278 Å². The van der Waals surface area contributed by atoms with E-state index in [0.717, 1.165) is 13.8 Å². The molecule has 2 amide bonds. The molecule has 0 bridgehead atoms. The molecular formula is C70H118N2O56. The van der Waals surface area contributed by atoms with Gasteiger partial charge in [-0.2, -0.15) is 0 Å². The van der Waals surface area contributed by atoms with E-state index in [2.05, 4.69) is 10.6 Å². The van der Waals surface area contributed by atoms with Crippen LogP contribution in [-0.2, 0) is 109 Å². The molecule has 0 aromatic heterocycles. The lowest BCUT2D eigenvalue weighted by atomic mass is 9.94. The number of rotatable bonds is 33. The minimum Gasteiger partial charge on any atom is -0.394 e. The summed E-state index contributed by atoms with van der Waals surface area (Å²) in [5.41, 5.74) is 0. The largest absolute Gasteiger partial charge is 0.394 e. The lowest BCUT2D eigenvalue weighted by molar-refractivity contribution is -0.407. The van der Waals surface area contributed by atoms with Crippen LogP contribution < -0.4 is 10.6 Å². The Morgan fingerprint density at radius 3 is 0.742 bits per heavy atom. The van der Waals surface area contributed by atoms with Crippen molar-refractivity contribution in [2.24, 2.45) is 0 Å². The monoisotopic (exact) mass is 1880 g/mol. The Morgan fingerprint density at radius 2 is 0.422 bits per heavy atom. The Labute approximate surface area is 722 Å². The Kier molecular flexibility index (Phi) is 37.7. The smallest absolute Gasteiger partial charge is 0.217 e. The van der Waals surface area contributed by atoms with Gasteiger partial charge in [-0.3, -0.25) is 9.59 Å². The summed E-state index contributed by atoms with van der Waals surface area (Å²) in [5, 5.41) is 373. The number of amides is 2. The first-order valence-electron chi connectivity index (χ1n) is 40.7. The highest BCUT2D eigenvalue weighted by molar-refractivity contribution is 5.73. The summed E-state index contributed by atoms with van der Waals surface area (Å²) in [7, 11) is 0. The van der Waals surface area contributed by atoms with Gasteiger partial charge >= 0.3 is 0 Å². The molecule has 58 nitrogen and oxygen atoms in total. The van der Waals surface area contributed by atoms with Gasteiger partial charge in [0.2, 0.25) is 11.8 Å². The van der Waals surface area contributed by atoms with E-state index in [1.54, 1.807) is 0 Å². The number of carbonyl (C=O) groups excluding carboxylic acids is 2. The van der Waals surface area contributed by atoms with E-state index in [1.807, 2.05) is 0 Å². The van der Waals surface area contributed by atoms with E-state index in [1.165, 1.54) is 0 Å². The predicted octanol–water partition coefficient (Wildman–Crippen LogP) is -24.7. The van der Waals surface area contributed by atoms with Crippen LogP contribution >= 0.6 is 0 Å². The third kappa shape index (κ3) is 22.5. The van der Waals surface area contributed by atoms with Crippen LogP contribution in [0.3, 0.4) is 0 Å². The zero-order chi connectivity index (χ0) is 94.0. The average Bonchev–Trinajstić information content (AvgIpc) is 0.763. The van der Waals surface area contributed by atoms with Crippen LogP contribution in [0.4, 0.5) is 0 Å². The van der Waals surface area contributed by atoms with Gasteiger partial charge in [0.15, 0.2) is 69.2 Å². The van der Waals surface area contributed by atoms with Crippen molar-refractivity contribution in [1.29, 1.82) is 0 Å². The van der Waals surface area contributed by atoms with Gasteiger partial charge in [0.25, 0.3) is 0 Å². The van der Waals surface area contributed by atoms with E-state index in [0.29, 0.717) is 0 Å². The van der Waals surface area contributed by atoms with Crippen molar-refractivity contribution >= 4 is 11.8 Å². The Hall–Kier alpha value is -3.22. The maximum Gasteiger partial charge on any atom is 0.217 e. The van der Waals surface area contributed by atoms with Crippen LogP contribution in [-0.4, -0.2) is 591 Å². The van der Waals surface area contributed by atoms with Gasteiger partial charge in [0.05, 0.1) is 72.7 Å². The summed E-state index contributed by atoms with van der Waals surface area (Å²) in [6.45, 7) is -10.9. The van der Waals surface area contributed by atoms with Gasteiger partial charge in [-0.25, -0.2) is 0 Å². The molecule has 11 aliphatic rings. The van der Waals surface area contributed by atoms with Crippen molar-refractivity contribution in [3.05, 3.63) is 0 Å². The minimum atomic E-state index is -2.77. The van der Waals surface area contributed by atoms with Gasteiger partial charge in [-0.15, -0.1) is 0 Å². The number of hydrogen-bond acceptors (Lipinski definition) is 56. The third-order valence-electron chi connectivity index (χ3n) is 23.8. The Balaban J connectivity index is 0.967. The van der Waals surface area contributed by atoms with Gasteiger partial charge in [0.1, 0.15) is 268 Å². The Morgan fingerprint density at radius 1 is 0.203 bits per heavy atom. The summed E-state index contributed by atoms with van der Waals surface area (Å²) in [6, 6.07) is -3.70. The molecule has 0 aromatic rings. The lowest BCUT2D eigenvalue weighted by Gasteiger charge is -2.51. The third-order valence-corrected chi connectivity index (χ3v) is 23.8. The molecule has 11 heterocycles. The molecule has 11 rings (SSSR count). The zero-order valence-corrected chi connectivity index (χ0v) is 67.7. The second-order valence-electron chi connectivity index (χ2n) is 32.3. The molecule has 128 heavy (non-hydrogen) atoms. The van der Waals surface area contributed by atoms with Crippen LogP contribution in [0.5, 0.6) is 0 Å². The molecule has 0 unspecified atom stereocenters. The number of hydrogen-bond donors (Lipinski definition) is 35. The molecule has 55 atom stereocenters. The molecule has 0 radical (unpaired) electrons. The molecule has 11 saturated heterocycles. The first kappa shape index (κ1) is 105. The van der Waals surface area contributed by atoms with E-state index in [-0.39, 0.29) is 0 Å². The molecule has 744 valence electrons. The maximum absolute atomic E-state index is 13.1. The van der Waals surface area contributed by atoms with Gasteiger partial charge in [0, 0.05) is 13.8 Å². The van der Waals surface area contributed by atoms with E-state index < -0.39 is 422 Å². The molecule has 35 N–H and O–H groups in total. The Bertz CT molecular complexity index is 3380. The molecule has 11 aliphatic heterocycles. The topological polar surface area (TPSA) is 920 Å². The maximum atomic E-state index is 13.1. The first-order chi connectivity index (χ1) is 60.7. The highest BCUT2D eigenvalue weighted by atomic mass is 16.8. The predicted molar refractivity (Wildman–Crippen MR) is 386 cm³/mol. The van der Waals surface area contributed by atoms with Gasteiger partial charge in [-0.05, 0) is 0 Å². The molecule has 11 fully saturated rings. The fourth-order valence-electron chi connectivity index (χ4n) is 16.5. The van der Waals surface area contributed by atoms with E-state index in [4.69, 9.17) is 99.5 Å². The van der Waals surface area contributed by atoms with Crippen molar-refractivity contribution in [1.82, 2.24) is 10.6 Å². The quantitative estimate of drug-likeness (QED) is 0.0290. The first-order valence-corrected chi connectivity index (χ1v) is 40.7.